The van der Waals surface area contributed by atoms with Gasteiger partial charge in [0.15, 0.2) is 5.16 Å². The second-order valence-corrected chi connectivity index (χ2v) is 8.08. The molecule has 0 unspecified atom stereocenters. The lowest BCUT2D eigenvalue weighted by Gasteiger charge is -2.07. The van der Waals surface area contributed by atoms with Crippen LogP contribution in [0.2, 0.25) is 0 Å². The predicted molar refractivity (Wildman–Crippen MR) is 115 cm³/mol. The minimum atomic E-state index is -0.360. The average molecular weight is 424 g/mol. The van der Waals surface area contributed by atoms with E-state index < -0.39 is 0 Å². The molecule has 2 aromatic heterocycles. The molecule has 0 spiro atoms. The van der Waals surface area contributed by atoms with Gasteiger partial charge in [0.1, 0.15) is 5.01 Å². The molecule has 0 N–H and O–H groups in total. The molecule has 6 nitrogen and oxygen atoms in total. The first-order valence-electron chi connectivity index (χ1n) is 8.78. The van der Waals surface area contributed by atoms with Gasteiger partial charge in [-0.2, -0.15) is 0 Å². The SMILES string of the molecule is COC(=O)c1ccc(-c2nc(CSc3nc4ccccc4c(=O)n3C)cs2)cc1. The lowest BCUT2D eigenvalue weighted by atomic mass is 10.1. The first-order valence-corrected chi connectivity index (χ1v) is 10.6. The molecule has 0 atom stereocenters. The van der Waals surface area contributed by atoms with Gasteiger partial charge in [-0.3, -0.25) is 9.36 Å². The fourth-order valence-electron chi connectivity index (χ4n) is 2.84. The maximum Gasteiger partial charge on any atom is 0.337 e. The van der Waals surface area contributed by atoms with Crippen molar-refractivity contribution in [2.24, 2.45) is 7.05 Å². The van der Waals surface area contributed by atoms with Gasteiger partial charge < -0.3 is 4.74 Å². The van der Waals surface area contributed by atoms with Crippen molar-refractivity contribution in [3.8, 4) is 10.6 Å². The monoisotopic (exact) mass is 423 g/mol. The summed E-state index contributed by atoms with van der Waals surface area (Å²) < 4.78 is 6.30. The van der Waals surface area contributed by atoms with Crippen LogP contribution in [0.5, 0.6) is 0 Å². The van der Waals surface area contributed by atoms with E-state index in [4.69, 9.17) is 4.74 Å². The quantitative estimate of drug-likeness (QED) is 0.273. The number of ether oxygens (including phenoxy) is 1. The number of thiazole rings is 1. The molecule has 4 rings (SSSR count). The summed E-state index contributed by atoms with van der Waals surface area (Å²) in [7, 11) is 3.10. The van der Waals surface area contributed by atoms with Crippen LogP contribution < -0.4 is 5.56 Å². The number of hydrogen-bond acceptors (Lipinski definition) is 7. The van der Waals surface area contributed by atoms with E-state index in [-0.39, 0.29) is 11.5 Å². The van der Waals surface area contributed by atoms with E-state index in [2.05, 4.69) is 9.97 Å². The average Bonchev–Trinajstić information content (AvgIpc) is 3.24. The van der Waals surface area contributed by atoms with Gasteiger partial charge in [0.2, 0.25) is 0 Å². The zero-order valence-electron chi connectivity index (χ0n) is 15.8. The number of para-hydroxylation sites is 1. The Hall–Kier alpha value is -2.97. The Morgan fingerprint density at radius 3 is 2.66 bits per heavy atom. The number of nitrogens with zero attached hydrogens (tertiary/aromatic N) is 3. The molecular weight excluding hydrogens is 406 g/mol. The molecule has 29 heavy (non-hydrogen) atoms. The molecule has 0 bridgehead atoms. The zero-order chi connectivity index (χ0) is 20.4. The smallest absolute Gasteiger partial charge is 0.337 e. The Kier molecular flexibility index (Phi) is 5.46. The summed E-state index contributed by atoms with van der Waals surface area (Å²) in [4.78, 5) is 33.3. The third-order valence-electron chi connectivity index (χ3n) is 4.40. The molecule has 2 heterocycles. The first kappa shape index (κ1) is 19.4. The minimum absolute atomic E-state index is 0.0530. The van der Waals surface area contributed by atoms with Gasteiger partial charge in [-0.15, -0.1) is 11.3 Å². The summed E-state index contributed by atoms with van der Waals surface area (Å²) >= 11 is 3.02. The summed E-state index contributed by atoms with van der Waals surface area (Å²) in [5.74, 6) is 0.247. The summed E-state index contributed by atoms with van der Waals surface area (Å²) in [6.07, 6.45) is 0. The Morgan fingerprint density at radius 2 is 1.90 bits per heavy atom. The van der Waals surface area contributed by atoms with Crippen LogP contribution in [0.15, 0.2) is 63.9 Å². The molecule has 0 saturated carbocycles. The van der Waals surface area contributed by atoms with Crippen LogP contribution in [0.3, 0.4) is 0 Å². The number of carbonyl (C=O) groups excluding carboxylic acids is 1. The van der Waals surface area contributed by atoms with Crippen LogP contribution in [0.25, 0.3) is 21.5 Å². The van der Waals surface area contributed by atoms with Crippen molar-refractivity contribution in [2.45, 2.75) is 10.9 Å². The van der Waals surface area contributed by atoms with Crippen molar-refractivity contribution in [3.05, 3.63) is 75.5 Å². The molecule has 0 radical (unpaired) electrons. The molecule has 2 aromatic carbocycles. The molecule has 146 valence electrons. The molecule has 0 aliphatic rings. The van der Waals surface area contributed by atoms with Crippen molar-refractivity contribution >= 4 is 40.0 Å². The Labute approximate surface area is 175 Å². The molecule has 0 amide bonds. The lowest BCUT2D eigenvalue weighted by Crippen LogP contribution is -2.19. The number of hydrogen-bond donors (Lipinski definition) is 0. The highest BCUT2D eigenvalue weighted by atomic mass is 32.2. The van der Waals surface area contributed by atoms with E-state index in [9.17, 15) is 9.59 Å². The van der Waals surface area contributed by atoms with Crippen molar-refractivity contribution < 1.29 is 9.53 Å². The van der Waals surface area contributed by atoms with Crippen molar-refractivity contribution in [1.82, 2.24) is 14.5 Å². The third-order valence-corrected chi connectivity index (χ3v) is 6.40. The Morgan fingerprint density at radius 1 is 1.14 bits per heavy atom. The van der Waals surface area contributed by atoms with E-state index in [1.807, 2.05) is 35.7 Å². The number of rotatable bonds is 5. The fourth-order valence-corrected chi connectivity index (χ4v) is 4.63. The van der Waals surface area contributed by atoms with Crippen molar-refractivity contribution in [2.75, 3.05) is 7.11 Å². The largest absolute Gasteiger partial charge is 0.465 e. The van der Waals surface area contributed by atoms with Crippen LogP contribution in [0, 0.1) is 0 Å². The van der Waals surface area contributed by atoms with Gasteiger partial charge in [-0.25, -0.2) is 14.8 Å². The fraction of sp³-hybridized carbons (Fsp3) is 0.143. The number of thioether (sulfide) groups is 1. The zero-order valence-corrected chi connectivity index (χ0v) is 17.4. The van der Waals surface area contributed by atoms with Crippen LogP contribution in [-0.4, -0.2) is 27.6 Å². The highest BCUT2D eigenvalue weighted by Gasteiger charge is 2.11. The van der Waals surface area contributed by atoms with Crippen LogP contribution in [0.4, 0.5) is 0 Å². The molecule has 0 fully saturated rings. The van der Waals surface area contributed by atoms with Gasteiger partial charge in [0, 0.05) is 23.7 Å². The second kappa shape index (κ2) is 8.18. The number of methoxy groups -OCH3 is 1. The Balaban J connectivity index is 1.52. The third kappa shape index (κ3) is 3.94. The summed E-state index contributed by atoms with van der Waals surface area (Å²) in [5.41, 5.74) is 3.00. The molecular formula is C21H17N3O3S2. The molecule has 8 heteroatoms. The summed E-state index contributed by atoms with van der Waals surface area (Å²) in [6.45, 7) is 0. The molecule has 0 saturated heterocycles. The lowest BCUT2D eigenvalue weighted by molar-refractivity contribution is 0.0601. The van der Waals surface area contributed by atoms with Gasteiger partial charge in [0.05, 0.1) is 29.3 Å². The second-order valence-electron chi connectivity index (χ2n) is 6.28. The van der Waals surface area contributed by atoms with E-state index in [1.54, 1.807) is 29.8 Å². The van der Waals surface area contributed by atoms with Crippen LogP contribution >= 0.6 is 23.1 Å². The van der Waals surface area contributed by atoms with Gasteiger partial charge in [-0.1, -0.05) is 36.0 Å². The van der Waals surface area contributed by atoms with Gasteiger partial charge >= 0.3 is 5.97 Å². The number of esters is 1. The summed E-state index contributed by atoms with van der Waals surface area (Å²) in [5, 5.41) is 4.14. The highest BCUT2D eigenvalue weighted by Crippen LogP contribution is 2.27. The normalized spacial score (nSPS) is 11.0. The van der Waals surface area contributed by atoms with Gasteiger partial charge in [0.25, 0.3) is 5.56 Å². The Bertz CT molecular complexity index is 1250. The highest BCUT2D eigenvalue weighted by molar-refractivity contribution is 7.98. The topological polar surface area (TPSA) is 74.1 Å². The van der Waals surface area contributed by atoms with E-state index >= 15 is 0 Å². The van der Waals surface area contributed by atoms with E-state index in [0.717, 1.165) is 16.3 Å². The van der Waals surface area contributed by atoms with Gasteiger partial charge in [-0.05, 0) is 24.3 Å². The minimum Gasteiger partial charge on any atom is -0.465 e. The van der Waals surface area contributed by atoms with E-state index in [0.29, 0.717) is 27.4 Å². The standard InChI is InChI=1S/C21H17N3O3S2/c1-24-19(25)16-5-3-4-6-17(16)23-21(24)29-12-15-11-28-18(22-15)13-7-9-14(10-8-13)20(26)27-2/h3-11H,12H2,1-2H3. The first-order chi connectivity index (χ1) is 14.1. The number of fused-ring (bicyclic) bond motifs is 1. The van der Waals surface area contributed by atoms with Crippen LogP contribution in [-0.2, 0) is 17.5 Å². The summed E-state index contributed by atoms with van der Waals surface area (Å²) in [6, 6.07) is 14.5. The maximum atomic E-state index is 12.5. The maximum absolute atomic E-state index is 12.5. The van der Waals surface area contributed by atoms with Crippen molar-refractivity contribution in [3.63, 3.8) is 0 Å². The molecule has 0 aliphatic heterocycles. The molecule has 4 aromatic rings. The number of benzene rings is 2. The molecule has 0 aliphatic carbocycles. The number of aromatic nitrogens is 3. The van der Waals surface area contributed by atoms with E-state index in [1.165, 1.54) is 30.2 Å². The van der Waals surface area contributed by atoms with Crippen molar-refractivity contribution in [1.29, 1.82) is 0 Å². The van der Waals surface area contributed by atoms with Crippen LogP contribution in [0.1, 0.15) is 16.1 Å². The predicted octanol–water partition coefficient (Wildman–Crippen LogP) is 4.14. The number of carbonyl (C=O) groups is 1.